The summed E-state index contributed by atoms with van der Waals surface area (Å²) in [6.07, 6.45) is 4.18. The monoisotopic (exact) mass is 341 g/mol. The van der Waals surface area contributed by atoms with Gasteiger partial charge < -0.3 is 10.2 Å². The molecule has 3 saturated heterocycles. The Balaban J connectivity index is 1.57. The number of hydrogen-bond donors (Lipinski definition) is 1. The first-order valence-corrected chi connectivity index (χ1v) is 10.4. The molecule has 0 aromatic carbocycles. The number of carbonyl (C=O) groups is 1. The van der Waals surface area contributed by atoms with Crippen molar-refractivity contribution in [2.75, 3.05) is 39.3 Å². The van der Waals surface area contributed by atoms with Crippen LogP contribution in [0.1, 0.15) is 39.0 Å². The minimum atomic E-state index is -3.08. The Morgan fingerprint density at radius 2 is 1.87 bits per heavy atom. The molecule has 3 aliphatic heterocycles. The Bertz CT molecular complexity index is 608. The van der Waals surface area contributed by atoms with Crippen LogP contribution in [-0.4, -0.2) is 68.0 Å². The van der Waals surface area contributed by atoms with Crippen molar-refractivity contribution in [3.05, 3.63) is 0 Å². The smallest absolute Gasteiger partial charge is 0.228 e. The Labute approximate surface area is 138 Å². The number of nitrogens with one attached hydrogen (secondary N) is 1. The van der Waals surface area contributed by atoms with E-state index in [-0.39, 0.29) is 22.0 Å². The number of fused-ring (bicyclic) bond motifs is 1. The van der Waals surface area contributed by atoms with Crippen LogP contribution in [0.3, 0.4) is 0 Å². The van der Waals surface area contributed by atoms with E-state index in [9.17, 15) is 13.2 Å². The average Bonchev–Trinajstić information content (AvgIpc) is 3.28. The summed E-state index contributed by atoms with van der Waals surface area (Å²) in [6, 6.07) is 0. The first-order valence-electron chi connectivity index (χ1n) is 8.93. The molecule has 3 heterocycles. The van der Waals surface area contributed by atoms with Gasteiger partial charge in [-0.05, 0) is 38.6 Å². The zero-order valence-corrected chi connectivity index (χ0v) is 14.7. The zero-order chi connectivity index (χ0) is 16.3. The van der Waals surface area contributed by atoms with Crippen molar-refractivity contribution in [2.24, 2.45) is 10.8 Å². The lowest BCUT2D eigenvalue weighted by atomic mass is 9.60. The van der Waals surface area contributed by atoms with Crippen molar-refractivity contribution < 1.29 is 13.2 Å². The van der Waals surface area contributed by atoms with Crippen molar-refractivity contribution in [1.29, 1.82) is 0 Å². The Hall–Kier alpha value is -0.660. The molecule has 1 atom stereocenters. The summed E-state index contributed by atoms with van der Waals surface area (Å²) in [5.41, 5.74) is -0.336. The predicted molar refractivity (Wildman–Crippen MR) is 87.4 cm³/mol. The average molecular weight is 341 g/mol. The fourth-order valence-corrected chi connectivity index (χ4v) is 6.96. The third-order valence-corrected chi connectivity index (χ3v) is 9.14. The maximum Gasteiger partial charge on any atom is 0.228 e. The third kappa shape index (κ3) is 2.19. The van der Waals surface area contributed by atoms with Crippen LogP contribution in [0.5, 0.6) is 0 Å². The molecule has 0 bridgehead atoms. The van der Waals surface area contributed by atoms with Crippen LogP contribution in [0, 0.1) is 10.8 Å². The van der Waals surface area contributed by atoms with Gasteiger partial charge in [0.2, 0.25) is 15.9 Å². The first kappa shape index (κ1) is 15.8. The van der Waals surface area contributed by atoms with Crippen LogP contribution in [0.15, 0.2) is 0 Å². The molecule has 4 rings (SSSR count). The predicted octanol–water partition coefficient (Wildman–Crippen LogP) is 0.403. The number of amides is 1. The first-order chi connectivity index (χ1) is 10.9. The standard InChI is InChI=1S/C16H27N3O3S/c1-2-18-11-15(16(12-18)5-8-17-14(16)20)6-9-19(10-7-15)23(21,22)13-3-4-13/h13H,2-12H2,1H3,(H,17,20)/t16-/m0/s1. The Morgan fingerprint density at radius 1 is 1.17 bits per heavy atom. The number of hydrogen-bond acceptors (Lipinski definition) is 4. The Kier molecular flexibility index (Phi) is 3.56. The van der Waals surface area contributed by atoms with E-state index in [2.05, 4.69) is 17.1 Å². The summed E-state index contributed by atoms with van der Waals surface area (Å²) in [5.74, 6) is 0.201. The van der Waals surface area contributed by atoms with Crippen molar-refractivity contribution in [1.82, 2.24) is 14.5 Å². The number of sulfonamides is 1. The molecule has 4 aliphatic rings. The highest BCUT2D eigenvalue weighted by atomic mass is 32.2. The molecular formula is C16H27N3O3S. The second kappa shape index (κ2) is 5.17. The molecule has 0 unspecified atom stereocenters. The second-order valence-electron chi connectivity index (χ2n) is 7.81. The van der Waals surface area contributed by atoms with Crippen LogP contribution in [0.2, 0.25) is 0 Å². The van der Waals surface area contributed by atoms with Gasteiger partial charge in [-0.2, -0.15) is 0 Å². The summed E-state index contributed by atoms with van der Waals surface area (Å²) >= 11 is 0. The minimum absolute atomic E-state index is 0.0425. The minimum Gasteiger partial charge on any atom is -0.356 e. The van der Waals surface area contributed by atoms with Crippen LogP contribution in [-0.2, 0) is 14.8 Å². The third-order valence-electron chi connectivity index (χ3n) is 6.74. The van der Waals surface area contributed by atoms with Gasteiger partial charge in [-0.15, -0.1) is 0 Å². The van der Waals surface area contributed by atoms with E-state index in [1.54, 1.807) is 4.31 Å². The number of rotatable bonds is 3. The lowest BCUT2D eigenvalue weighted by Gasteiger charge is -2.46. The summed E-state index contributed by atoms with van der Waals surface area (Å²) in [7, 11) is -3.08. The molecule has 2 spiro atoms. The Morgan fingerprint density at radius 3 is 2.39 bits per heavy atom. The van der Waals surface area contributed by atoms with E-state index in [0.717, 1.165) is 58.3 Å². The quantitative estimate of drug-likeness (QED) is 0.807. The van der Waals surface area contributed by atoms with Crippen LogP contribution < -0.4 is 5.32 Å². The van der Waals surface area contributed by atoms with Gasteiger partial charge in [-0.3, -0.25) is 4.79 Å². The molecule has 1 saturated carbocycles. The van der Waals surface area contributed by atoms with Crippen LogP contribution in [0.25, 0.3) is 0 Å². The van der Waals surface area contributed by atoms with E-state index in [4.69, 9.17) is 0 Å². The van der Waals surface area contributed by atoms with E-state index in [1.165, 1.54) is 0 Å². The van der Waals surface area contributed by atoms with Gasteiger partial charge in [0.1, 0.15) is 0 Å². The molecule has 0 radical (unpaired) electrons. The maximum absolute atomic E-state index is 12.7. The molecule has 4 fully saturated rings. The van der Waals surface area contributed by atoms with E-state index in [1.807, 2.05) is 0 Å². The number of likely N-dealkylation sites (tertiary alicyclic amines) is 1. The van der Waals surface area contributed by atoms with E-state index < -0.39 is 10.0 Å². The molecular weight excluding hydrogens is 314 g/mol. The summed E-state index contributed by atoms with van der Waals surface area (Å²) in [4.78, 5) is 15.0. The lowest BCUT2D eigenvalue weighted by molar-refractivity contribution is -0.133. The van der Waals surface area contributed by atoms with Crippen LogP contribution >= 0.6 is 0 Å². The van der Waals surface area contributed by atoms with Crippen molar-refractivity contribution >= 4 is 15.9 Å². The van der Waals surface area contributed by atoms with Gasteiger partial charge in [0.25, 0.3) is 0 Å². The fraction of sp³-hybridized carbons (Fsp3) is 0.938. The highest BCUT2D eigenvalue weighted by Crippen LogP contribution is 2.56. The molecule has 130 valence electrons. The molecule has 1 N–H and O–H groups in total. The SMILES string of the molecule is CCN1CC2(CCN(S(=O)(=O)C3CC3)CC2)[C@@]2(CCNC2=O)C1. The van der Waals surface area contributed by atoms with Crippen molar-refractivity contribution in [3.8, 4) is 0 Å². The maximum atomic E-state index is 12.7. The number of carbonyl (C=O) groups excluding carboxylic acids is 1. The van der Waals surface area contributed by atoms with Gasteiger partial charge >= 0.3 is 0 Å². The molecule has 23 heavy (non-hydrogen) atoms. The van der Waals surface area contributed by atoms with Crippen molar-refractivity contribution in [2.45, 2.75) is 44.3 Å². The highest BCUT2D eigenvalue weighted by molar-refractivity contribution is 7.90. The van der Waals surface area contributed by atoms with Crippen LogP contribution in [0.4, 0.5) is 0 Å². The highest BCUT2D eigenvalue weighted by Gasteiger charge is 2.63. The molecule has 7 heteroatoms. The molecule has 1 aliphatic carbocycles. The molecule has 1 amide bonds. The zero-order valence-electron chi connectivity index (χ0n) is 13.9. The summed E-state index contributed by atoms with van der Waals surface area (Å²) < 4.78 is 26.7. The van der Waals surface area contributed by atoms with E-state index >= 15 is 0 Å². The van der Waals surface area contributed by atoms with Gasteiger partial charge in [0.15, 0.2) is 0 Å². The van der Waals surface area contributed by atoms with E-state index in [0.29, 0.717) is 13.1 Å². The summed E-state index contributed by atoms with van der Waals surface area (Å²) in [6.45, 7) is 6.82. The van der Waals surface area contributed by atoms with Gasteiger partial charge in [0.05, 0.1) is 10.7 Å². The van der Waals surface area contributed by atoms with Gasteiger partial charge in [-0.1, -0.05) is 6.92 Å². The topological polar surface area (TPSA) is 69.7 Å². The molecule has 6 nitrogen and oxygen atoms in total. The second-order valence-corrected chi connectivity index (χ2v) is 10.0. The number of nitrogens with zero attached hydrogens (tertiary/aromatic N) is 2. The number of piperidine rings is 1. The van der Waals surface area contributed by atoms with Gasteiger partial charge in [-0.25, -0.2) is 12.7 Å². The lowest BCUT2D eigenvalue weighted by Crippen LogP contribution is -2.53. The van der Waals surface area contributed by atoms with Crippen molar-refractivity contribution in [3.63, 3.8) is 0 Å². The molecule has 0 aromatic rings. The van der Waals surface area contributed by atoms with Gasteiger partial charge in [0, 0.05) is 38.1 Å². The summed E-state index contributed by atoms with van der Waals surface area (Å²) in [5, 5.41) is 2.91. The fourth-order valence-electron chi connectivity index (χ4n) is 5.12. The normalized spacial score (nSPS) is 35.3. The molecule has 0 aromatic heterocycles. The largest absolute Gasteiger partial charge is 0.356 e.